The van der Waals surface area contributed by atoms with Gasteiger partial charge in [-0.25, -0.2) is 13.1 Å². The molecule has 0 saturated heterocycles. The minimum atomic E-state index is -3.54. The number of rotatable bonds is 6. The van der Waals surface area contributed by atoms with Crippen molar-refractivity contribution >= 4 is 20.9 Å². The van der Waals surface area contributed by atoms with Crippen LogP contribution in [0.25, 0.3) is 22.0 Å². The van der Waals surface area contributed by atoms with Gasteiger partial charge in [-0.2, -0.15) is 0 Å². The zero-order valence-electron chi connectivity index (χ0n) is 16.6. The molecule has 4 rings (SSSR count). The molecule has 0 fully saturated rings. The second-order valence-corrected chi connectivity index (χ2v) is 9.10. The number of hydrogen-bond donors (Lipinski definition) is 2. The van der Waals surface area contributed by atoms with Crippen molar-refractivity contribution in [3.05, 3.63) is 89.6 Å². The number of aromatic amines is 1. The number of H-pyrrole nitrogens is 1. The van der Waals surface area contributed by atoms with E-state index in [1.165, 1.54) is 11.1 Å². The van der Waals surface area contributed by atoms with Crippen LogP contribution >= 0.6 is 0 Å². The van der Waals surface area contributed by atoms with E-state index in [2.05, 4.69) is 41.8 Å². The second kappa shape index (κ2) is 7.85. The molecule has 0 unspecified atom stereocenters. The van der Waals surface area contributed by atoms with Crippen molar-refractivity contribution in [2.24, 2.45) is 0 Å². The zero-order chi connectivity index (χ0) is 20.4. The Hall–Kier alpha value is -2.89. The minimum Gasteiger partial charge on any atom is -0.361 e. The van der Waals surface area contributed by atoms with Crippen LogP contribution in [0.4, 0.5) is 0 Å². The molecule has 2 N–H and O–H groups in total. The van der Waals surface area contributed by atoms with Crippen LogP contribution in [0.1, 0.15) is 16.7 Å². The van der Waals surface area contributed by atoms with Crippen LogP contribution in [0.5, 0.6) is 0 Å². The van der Waals surface area contributed by atoms with Crippen molar-refractivity contribution in [1.29, 1.82) is 0 Å². The summed E-state index contributed by atoms with van der Waals surface area (Å²) in [5.74, 6) is 0. The Morgan fingerprint density at radius 2 is 1.59 bits per heavy atom. The summed E-state index contributed by atoms with van der Waals surface area (Å²) in [5.41, 5.74) is 6.72. The van der Waals surface area contributed by atoms with Gasteiger partial charge < -0.3 is 4.98 Å². The average Bonchev–Trinajstić information content (AvgIpc) is 3.13. The highest BCUT2D eigenvalue weighted by molar-refractivity contribution is 7.89. The van der Waals surface area contributed by atoms with E-state index in [1.54, 1.807) is 12.1 Å². The molecule has 0 amide bonds. The van der Waals surface area contributed by atoms with Crippen LogP contribution in [-0.2, 0) is 16.4 Å². The first kappa shape index (κ1) is 19.4. The highest BCUT2D eigenvalue weighted by Gasteiger charge is 2.14. The molecule has 0 aliphatic heterocycles. The Bertz CT molecular complexity index is 1260. The summed E-state index contributed by atoms with van der Waals surface area (Å²) >= 11 is 0. The Kier molecular flexibility index (Phi) is 5.26. The van der Waals surface area contributed by atoms with Gasteiger partial charge in [-0.15, -0.1) is 0 Å². The SMILES string of the molecule is Cc1ccc(-c2ccc(S(=O)(=O)NCCc3c[nH]c4ccccc34)cc2)cc1C. The topological polar surface area (TPSA) is 62.0 Å². The maximum Gasteiger partial charge on any atom is 0.240 e. The molecule has 3 aromatic carbocycles. The van der Waals surface area contributed by atoms with Gasteiger partial charge in [0.2, 0.25) is 10.0 Å². The van der Waals surface area contributed by atoms with Crippen LogP contribution in [0.2, 0.25) is 0 Å². The Morgan fingerprint density at radius 1 is 0.862 bits per heavy atom. The van der Waals surface area contributed by atoms with Crippen molar-refractivity contribution in [2.75, 3.05) is 6.54 Å². The van der Waals surface area contributed by atoms with E-state index in [9.17, 15) is 8.42 Å². The summed E-state index contributed by atoms with van der Waals surface area (Å²) in [5, 5.41) is 1.13. The Balaban J connectivity index is 1.45. The summed E-state index contributed by atoms with van der Waals surface area (Å²) in [4.78, 5) is 3.50. The standard InChI is InChI=1S/C24H24N2O2S/c1-17-7-8-20(15-18(17)2)19-9-11-22(12-10-19)29(27,28)26-14-13-21-16-25-24-6-4-3-5-23(21)24/h3-12,15-16,25-26H,13-14H2,1-2H3. The van der Waals surface area contributed by atoms with E-state index in [0.717, 1.165) is 27.6 Å². The van der Waals surface area contributed by atoms with E-state index >= 15 is 0 Å². The van der Waals surface area contributed by atoms with E-state index in [-0.39, 0.29) is 4.90 Å². The first-order valence-electron chi connectivity index (χ1n) is 9.66. The lowest BCUT2D eigenvalue weighted by atomic mass is 10.0. The highest BCUT2D eigenvalue weighted by Crippen LogP contribution is 2.24. The maximum atomic E-state index is 12.7. The molecule has 0 spiro atoms. The number of para-hydroxylation sites is 1. The molecular formula is C24H24N2O2S. The Morgan fingerprint density at radius 3 is 2.34 bits per heavy atom. The van der Waals surface area contributed by atoms with E-state index in [4.69, 9.17) is 0 Å². The summed E-state index contributed by atoms with van der Waals surface area (Å²) in [6.45, 7) is 4.51. The molecular weight excluding hydrogens is 380 g/mol. The number of sulfonamides is 1. The first-order chi connectivity index (χ1) is 13.9. The predicted molar refractivity (Wildman–Crippen MR) is 119 cm³/mol. The Labute approximate surface area is 171 Å². The maximum absolute atomic E-state index is 12.7. The largest absolute Gasteiger partial charge is 0.361 e. The number of aryl methyl sites for hydroxylation is 2. The lowest BCUT2D eigenvalue weighted by Gasteiger charge is -2.09. The molecule has 0 saturated carbocycles. The van der Waals surface area contributed by atoms with Gasteiger partial charge in [0.1, 0.15) is 0 Å². The molecule has 0 aliphatic carbocycles. The molecule has 1 aromatic heterocycles. The second-order valence-electron chi connectivity index (χ2n) is 7.33. The van der Waals surface area contributed by atoms with Crippen molar-refractivity contribution in [3.8, 4) is 11.1 Å². The monoisotopic (exact) mass is 404 g/mol. The number of benzene rings is 3. The van der Waals surface area contributed by atoms with E-state index in [0.29, 0.717) is 13.0 Å². The summed E-state index contributed by atoms with van der Waals surface area (Å²) in [7, 11) is -3.54. The van der Waals surface area contributed by atoms with Gasteiger partial charge in [0.05, 0.1) is 4.90 Å². The summed E-state index contributed by atoms with van der Waals surface area (Å²) < 4.78 is 28.0. The zero-order valence-corrected chi connectivity index (χ0v) is 17.4. The minimum absolute atomic E-state index is 0.281. The molecule has 5 heteroatoms. The van der Waals surface area contributed by atoms with Crippen LogP contribution in [0.3, 0.4) is 0 Å². The van der Waals surface area contributed by atoms with Crippen LogP contribution in [-0.4, -0.2) is 19.9 Å². The van der Waals surface area contributed by atoms with Crippen LogP contribution < -0.4 is 4.72 Å². The third kappa shape index (κ3) is 4.11. The number of fused-ring (bicyclic) bond motifs is 1. The molecule has 148 valence electrons. The smallest absolute Gasteiger partial charge is 0.240 e. The fraction of sp³-hybridized carbons (Fsp3) is 0.167. The first-order valence-corrected chi connectivity index (χ1v) is 11.1. The van der Waals surface area contributed by atoms with E-state index < -0.39 is 10.0 Å². The summed E-state index contributed by atoms with van der Waals surface area (Å²) in [6, 6.07) is 21.3. The summed E-state index contributed by atoms with van der Waals surface area (Å²) in [6.07, 6.45) is 2.57. The molecule has 4 aromatic rings. The predicted octanol–water partition coefficient (Wildman–Crippen LogP) is 4.97. The molecule has 1 heterocycles. The molecule has 0 bridgehead atoms. The fourth-order valence-electron chi connectivity index (χ4n) is 3.49. The fourth-order valence-corrected chi connectivity index (χ4v) is 4.52. The van der Waals surface area contributed by atoms with Gasteiger partial charge in [-0.3, -0.25) is 0 Å². The third-order valence-electron chi connectivity index (χ3n) is 5.37. The lowest BCUT2D eigenvalue weighted by molar-refractivity contribution is 0.582. The normalized spacial score (nSPS) is 11.8. The van der Waals surface area contributed by atoms with Crippen molar-refractivity contribution < 1.29 is 8.42 Å². The van der Waals surface area contributed by atoms with Gasteiger partial charge in [-0.1, -0.05) is 48.5 Å². The van der Waals surface area contributed by atoms with Gasteiger partial charge in [-0.05, 0) is 66.3 Å². The van der Waals surface area contributed by atoms with E-state index in [1.807, 2.05) is 42.6 Å². The molecule has 29 heavy (non-hydrogen) atoms. The lowest BCUT2D eigenvalue weighted by Crippen LogP contribution is -2.25. The van der Waals surface area contributed by atoms with Gasteiger partial charge in [0.15, 0.2) is 0 Å². The number of nitrogens with one attached hydrogen (secondary N) is 2. The van der Waals surface area contributed by atoms with Crippen molar-refractivity contribution in [1.82, 2.24) is 9.71 Å². The van der Waals surface area contributed by atoms with Gasteiger partial charge >= 0.3 is 0 Å². The van der Waals surface area contributed by atoms with Gasteiger partial charge in [0, 0.05) is 23.6 Å². The molecule has 0 atom stereocenters. The van der Waals surface area contributed by atoms with Crippen molar-refractivity contribution in [2.45, 2.75) is 25.2 Å². The number of aromatic nitrogens is 1. The average molecular weight is 405 g/mol. The molecule has 0 radical (unpaired) electrons. The molecule has 0 aliphatic rings. The quantitative estimate of drug-likeness (QED) is 0.476. The molecule has 4 nitrogen and oxygen atoms in total. The van der Waals surface area contributed by atoms with Crippen molar-refractivity contribution in [3.63, 3.8) is 0 Å². The third-order valence-corrected chi connectivity index (χ3v) is 6.84. The number of hydrogen-bond acceptors (Lipinski definition) is 2. The van der Waals surface area contributed by atoms with Gasteiger partial charge in [0.25, 0.3) is 0 Å². The van der Waals surface area contributed by atoms with Crippen LogP contribution in [0.15, 0.2) is 77.8 Å². The highest BCUT2D eigenvalue weighted by atomic mass is 32.2. The van der Waals surface area contributed by atoms with Crippen LogP contribution in [0, 0.1) is 13.8 Å².